The molecular formula is C12H22N4. The summed E-state index contributed by atoms with van der Waals surface area (Å²) in [5.41, 5.74) is 6.19. The monoisotopic (exact) mass is 222 g/mol. The van der Waals surface area contributed by atoms with E-state index in [9.17, 15) is 0 Å². The Labute approximate surface area is 97.2 Å². The van der Waals surface area contributed by atoms with E-state index in [-0.39, 0.29) is 6.04 Å². The molecule has 1 unspecified atom stereocenters. The minimum atomic E-state index is 0.0306. The van der Waals surface area contributed by atoms with Gasteiger partial charge in [-0.15, -0.1) is 10.2 Å². The van der Waals surface area contributed by atoms with E-state index in [1.54, 1.807) is 0 Å². The van der Waals surface area contributed by atoms with Gasteiger partial charge < -0.3 is 10.3 Å². The van der Waals surface area contributed by atoms with Gasteiger partial charge in [0.2, 0.25) is 0 Å². The molecule has 4 heteroatoms. The van der Waals surface area contributed by atoms with Crippen LogP contribution < -0.4 is 5.73 Å². The van der Waals surface area contributed by atoms with Crippen molar-refractivity contribution in [1.29, 1.82) is 0 Å². The van der Waals surface area contributed by atoms with Crippen LogP contribution in [0.5, 0.6) is 0 Å². The second-order valence-corrected chi connectivity index (χ2v) is 5.27. The van der Waals surface area contributed by atoms with Crippen LogP contribution in [0.4, 0.5) is 0 Å². The number of hydrogen-bond acceptors (Lipinski definition) is 3. The van der Waals surface area contributed by atoms with E-state index >= 15 is 0 Å². The number of aromatic nitrogens is 3. The molecule has 1 aromatic heterocycles. The summed E-state index contributed by atoms with van der Waals surface area (Å²) in [6.07, 6.45) is 7.97. The molecule has 1 aliphatic carbocycles. The molecule has 0 bridgehead atoms. The fourth-order valence-electron chi connectivity index (χ4n) is 2.59. The van der Waals surface area contributed by atoms with Crippen molar-refractivity contribution in [1.82, 2.24) is 14.8 Å². The first-order chi connectivity index (χ1) is 7.68. The fraction of sp³-hybridized carbons (Fsp3) is 0.833. The second kappa shape index (κ2) is 4.95. The Morgan fingerprint density at radius 1 is 1.44 bits per heavy atom. The first kappa shape index (κ1) is 11.6. The Morgan fingerprint density at radius 3 is 2.75 bits per heavy atom. The van der Waals surface area contributed by atoms with Crippen LogP contribution in [-0.4, -0.2) is 14.8 Å². The fourth-order valence-corrected chi connectivity index (χ4v) is 2.59. The molecule has 0 aromatic carbocycles. The lowest BCUT2D eigenvalue weighted by molar-refractivity contribution is 0.436. The van der Waals surface area contributed by atoms with Crippen LogP contribution in [-0.2, 0) is 0 Å². The van der Waals surface area contributed by atoms with Crippen molar-refractivity contribution >= 4 is 0 Å². The summed E-state index contributed by atoms with van der Waals surface area (Å²) in [7, 11) is 0. The molecule has 0 radical (unpaired) electrons. The zero-order valence-corrected chi connectivity index (χ0v) is 10.3. The first-order valence-electron chi connectivity index (χ1n) is 6.33. The maximum Gasteiger partial charge on any atom is 0.150 e. The molecule has 1 fully saturated rings. The lowest BCUT2D eigenvalue weighted by Gasteiger charge is -2.18. The van der Waals surface area contributed by atoms with Crippen molar-refractivity contribution in [3.8, 4) is 0 Å². The highest BCUT2D eigenvalue weighted by molar-refractivity contribution is 4.97. The van der Waals surface area contributed by atoms with E-state index in [4.69, 9.17) is 5.73 Å². The summed E-state index contributed by atoms with van der Waals surface area (Å²) < 4.78 is 2.21. The molecule has 1 aliphatic rings. The van der Waals surface area contributed by atoms with Gasteiger partial charge in [-0.05, 0) is 25.2 Å². The van der Waals surface area contributed by atoms with E-state index < -0.39 is 0 Å². The largest absolute Gasteiger partial charge is 0.321 e. The Balaban J connectivity index is 2.11. The van der Waals surface area contributed by atoms with Crippen molar-refractivity contribution in [2.75, 3.05) is 0 Å². The molecule has 2 N–H and O–H groups in total. The Bertz CT molecular complexity index is 326. The molecule has 1 saturated carbocycles. The third-order valence-electron chi connectivity index (χ3n) is 3.38. The molecule has 0 saturated heterocycles. The minimum Gasteiger partial charge on any atom is -0.321 e. The molecule has 0 aliphatic heterocycles. The molecule has 1 heterocycles. The zero-order valence-electron chi connectivity index (χ0n) is 10.3. The lowest BCUT2D eigenvalue weighted by Crippen LogP contribution is -2.20. The van der Waals surface area contributed by atoms with Crippen molar-refractivity contribution in [3.63, 3.8) is 0 Å². The van der Waals surface area contributed by atoms with Gasteiger partial charge in [-0.1, -0.05) is 26.7 Å². The summed E-state index contributed by atoms with van der Waals surface area (Å²) in [5, 5.41) is 8.23. The molecule has 1 atom stereocenters. The Hall–Kier alpha value is -0.900. The highest BCUT2D eigenvalue weighted by Gasteiger charge is 2.23. The Morgan fingerprint density at radius 2 is 2.12 bits per heavy atom. The van der Waals surface area contributed by atoms with Crippen LogP contribution in [0.15, 0.2) is 6.33 Å². The van der Waals surface area contributed by atoms with Crippen molar-refractivity contribution in [2.45, 2.75) is 58.0 Å². The molecular weight excluding hydrogens is 200 g/mol. The summed E-state index contributed by atoms with van der Waals surface area (Å²) in [6, 6.07) is 0.617. The van der Waals surface area contributed by atoms with Gasteiger partial charge in [0.1, 0.15) is 12.2 Å². The summed E-state index contributed by atoms with van der Waals surface area (Å²) >= 11 is 0. The van der Waals surface area contributed by atoms with E-state index in [2.05, 4.69) is 28.6 Å². The van der Waals surface area contributed by atoms with Crippen LogP contribution >= 0.6 is 0 Å². The van der Waals surface area contributed by atoms with E-state index in [0.717, 1.165) is 12.2 Å². The van der Waals surface area contributed by atoms with Crippen LogP contribution in [0, 0.1) is 5.92 Å². The van der Waals surface area contributed by atoms with Crippen LogP contribution in [0.2, 0.25) is 0 Å². The van der Waals surface area contributed by atoms with Gasteiger partial charge in [0.05, 0.1) is 6.04 Å². The maximum absolute atomic E-state index is 6.19. The summed E-state index contributed by atoms with van der Waals surface area (Å²) in [6.45, 7) is 4.38. The second-order valence-electron chi connectivity index (χ2n) is 5.27. The third kappa shape index (κ3) is 2.43. The average Bonchev–Trinajstić information content (AvgIpc) is 2.87. The molecule has 0 spiro atoms. The van der Waals surface area contributed by atoms with E-state index in [1.807, 2.05) is 6.33 Å². The lowest BCUT2D eigenvalue weighted by atomic mass is 10.0. The molecule has 4 nitrogen and oxygen atoms in total. The number of hydrogen-bond donors (Lipinski definition) is 1. The predicted molar refractivity (Wildman–Crippen MR) is 63.9 cm³/mol. The number of nitrogens with zero attached hydrogens (tertiary/aromatic N) is 3. The van der Waals surface area contributed by atoms with Gasteiger partial charge in [-0.2, -0.15) is 0 Å². The summed E-state index contributed by atoms with van der Waals surface area (Å²) in [5.74, 6) is 1.57. The van der Waals surface area contributed by atoms with Gasteiger partial charge in [0.25, 0.3) is 0 Å². The molecule has 0 amide bonds. The number of rotatable bonds is 4. The molecule has 16 heavy (non-hydrogen) atoms. The van der Waals surface area contributed by atoms with Crippen molar-refractivity contribution < 1.29 is 0 Å². The number of nitrogens with two attached hydrogens (primary N) is 1. The van der Waals surface area contributed by atoms with E-state index in [0.29, 0.717) is 12.0 Å². The van der Waals surface area contributed by atoms with Crippen LogP contribution in [0.1, 0.15) is 63.9 Å². The van der Waals surface area contributed by atoms with Crippen LogP contribution in [0.25, 0.3) is 0 Å². The standard InChI is InChI=1S/C12H22N4/c1-9(2)7-11(13)12-15-14-8-16(12)10-5-3-4-6-10/h8-11H,3-7,13H2,1-2H3. The third-order valence-corrected chi connectivity index (χ3v) is 3.38. The normalized spacial score (nSPS) is 19.5. The van der Waals surface area contributed by atoms with Crippen molar-refractivity contribution in [3.05, 3.63) is 12.2 Å². The van der Waals surface area contributed by atoms with Crippen LogP contribution in [0.3, 0.4) is 0 Å². The van der Waals surface area contributed by atoms with E-state index in [1.165, 1.54) is 25.7 Å². The van der Waals surface area contributed by atoms with Gasteiger partial charge in [0, 0.05) is 6.04 Å². The van der Waals surface area contributed by atoms with Gasteiger partial charge >= 0.3 is 0 Å². The van der Waals surface area contributed by atoms with Gasteiger partial charge in [-0.25, -0.2) is 0 Å². The van der Waals surface area contributed by atoms with Crippen molar-refractivity contribution in [2.24, 2.45) is 11.7 Å². The Kier molecular flexibility index (Phi) is 3.59. The predicted octanol–water partition coefficient (Wildman–Crippen LogP) is 2.44. The molecule has 90 valence electrons. The smallest absolute Gasteiger partial charge is 0.150 e. The highest BCUT2D eigenvalue weighted by Crippen LogP contribution is 2.31. The zero-order chi connectivity index (χ0) is 11.5. The average molecular weight is 222 g/mol. The van der Waals surface area contributed by atoms with Gasteiger partial charge in [-0.3, -0.25) is 0 Å². The molecule has 1 aromatic rings. The maximum atomic E-state index is 6.19. The first-order valence-corrected chi connectivity index (χ1v) is 6.33. The topological polar surface area (TPSA) is 56.7 Å². The molecule has 2 rings (SSSR count). The summed E-state index contributed by atoms with van der Waals surface area (Å²) in [4.78, 5) is 0. The minimum absolute atomic E-state index is 0.0306. The quantitative estimate of drug-likeness (QED) is 0.851. The highest BCUT2D eigenvalue weighted by atomic mass is 15.3. The van der Waals surface area contributed by atoms with Gasteiger partial charge in [0.15, 0.2) is 0 Å². The SMILES string of the molecule is CC(C)CC(N)c1nncn1C1CCCC1.